The predicted molar refractivity (Wildman–Crippen MR) is 137 cm³/mol. The molecule has 7 nitrogen and oxygen atoms in total. The van der Waals surface area contributed by atoms with E-state index >= 15 is 0 Å². The van der Waals surface area contributed by atoms with Crippen molar-refractivity contribution in [3.05, 3.63) is 63.5 Å². The van der Waals surface area contributed by atoms with Gasteiger partial charge in [0.1, 0.15) is 0 Å². The second-order valence-corrected chi connectivity index (χ2v) is 12.2. The van der Waals surface area contributed by atoms with Gasteiger partial charge < -0.3 is 9.64 Å². The Kier molecular flexibility index (Phi) is 6.46. The van der Waals surface area contributed by atoms with E-state index in [4.69, 9.17) is 9.72 Å². The lowest BCUT2D eigenvalue weighted by Crippen LogP contribution is -2.40. The van der Waals surface area contributed by atoms with Gasteiger partial charge in [0.05, 0.1) is 28.3 Å². The van der Waals surface area contributed by atoms with Gasteiger partial charge in [-0.15, -0.1) is 11.3 Å². The fourth-order valence-corrected chi connectivity index (χ4v) is 7.30. The topological polar surface area (TPSA) is 93.6 Å². The first kappa shape index (κ1) is 23.7. The van der Waals surface area contributed by atoms with Gasteiger partial charge in [-0.05, 0) is 60.4 Å². The number of sulfone groups is 1. The van der Waals surface area contributed by atoms with Crippen LogP contribution in [-0.2, 0) is 25.8 Å². The van der Waals surface area contributed by atoms with Crippen molar-refractivity contribution >= 4 is 55.6 Å². The van der Waals surface area contributed by atoms with Crippen molar-refractivity contribution in [2.75, 3.05) is 25.2 Å². The van der Waals surface area contributed by atoms with Gasteiger partial charge in [0.2, 0.25) is 0 Å². The average Bonchev–Trinajstić information content (AvgIpc) is 3.49. The molecule has 0 N–H and O–H groups in total. The molecule has 0 radical (unpaired) electrons. The van der Waals surface area contributed by atoms with Gasteiger partial charge in [-0.2, -0.15) is 0 Å². The van der Waals surface area contributed by atoms with Gasteiger partial charge in [0.15, 0.2) is 16.4 Å². The van der Waals surface area contributed by atoms with Crippen molar-refractivity contribution in [3.63, 3.8) is 0 Å². The van der Waals surface area contributed by atoms with E-state index in [1.807, 2.05) is 35.7 Å². The molecule has 3 aromatic rings. The maximum atomic E-state index is 13.4. The van der Waals surface area contributed by atoms with Crippen molar-refractivity contribution in [2.24, 2.45) is 0 Å². The summed E-state index contributed by atoms with van der Waals surface area (Å²) in [4.78, 5) is 33.5. The molecule has 1 fully saturated rings. The van der Waals surface area contributed by atoms with Crippen LogP contribution in [0.2, 0.25) is 0 Å². The van der Waals surface area contributed by atoms with E-state index in [0.717, 1.165) is 34.5 Å². The maximum absolute atomic E-state index is 13.4. The third kappa shape index (κ3) is 4.88. The van der Waals surface area contributed by atoms with Crippen molar-refractivity contribution in [1.29, 1.82) is 0 Å². The molecule has 0 unspecified atom stereocenters. The molecule has 2 aromatic heterocycles. The fourth-order valence-electron chi connectivity index (χ4n) is 4.84. The van der Waals surface area contributed by atoms with E-state index < -0.39 is 28.3 Å². The molecule has 1 aromatic carbocycles. The number of esters is 1. The summed E-state index contributed by atoms with van der Waals surface area (Å²) in [6, 6.07) is 11.2. The normalized spacial score (nSPS) is 20.0. The Hall–Kier alpha value is -3.04. The molecular weight excluding hydrogens is 484 g/mol. The highest BCUT2D eigenvalue weighted by atomic mass is 32.2. The molecule has 0 bridgehead atoms. The Morgan fingerprint density at radius 2 is 2.03 bits per heavy atom. The van der Waals surface area contributed by atoms with Gasteiger partial charge in [-0.25, -0.2) is 18.2 Å². The summed E-state index contributed by atoms with van der Waals surface area (Å²) < 4.78 is 29.1. The van der Waals surface area contributed by atoms with Crippen LogP contribution in [0.1, 0.15) is 45.8 Å². The second kappa shape index (κ2) is 9.54. The van der Waals surface area contributed by atoms with Crippen LogP contribution in [0.5, 0.6) is 0 Å². The molecule has 1 amide bonds. The molecule has 1 saturated heterocycles. The molecule has 5 rings (SSSR count). The van der Waals surface area contributed by atoms with Crippen molar-refractivity contribution < 1.29 is 22.7 Å². The number of hydrogen-bond acceptors (Lipinski definition) is 7. The summed E-state index contributed by atoms with van der Waals surface area (Å²) in [5.74, 6) is -0.944. The molecule has 0 spiro atoms. The molecule has 2 aliphatic rings. The Morgan fingerprint density at radius 1 is 1.20 bits per heavy atom. The number of thiophene rings is 1. The number of allylic oxidation sites excluding steroid dienone is 1. The number of para-hydroxylation sites is 1. The summed E-state index contributed by atoms with van der Waals surface area (Å²) in [6.45, 7) is -0.435. The Bertz CT molecular complexity index is 1430. The zero-order valence-electron chi connectivity index (χ0n) is 19.4. The minimum atomic E-state index is -3.12. The van der Waals surface area contributed by atoms with E-state index in [1.165, 1.54) is 4.90 Å². The van der Waals surface area contributed by atoms with E-state index in [-0.39, 0.29) is 17.5 Å². The number of rotatable bonds is 5. The van der Waals surface area contributed by atoms with E-state index in [0.29, 0.717) is 29.3 Å². The number of ether oxygens (including phenoxy) is 1. The van der Waals surface area contributed by atoms with E-state index in [1.54, 1.807) is 18.4 Å². The summed E-state index contributed by atoms with van der Waals surface area (Å²) in [7, 11) is -1.56. The first-order valence-corrected chi connectivity index (χ1v) is 14.3. The number of amides is 1. The number of pyridine rings is 1. The van der Waals surface area contributed by atoms with Crippen LogP contribution < -0.4 is 0 Å². The summed E-state index contributed by atoms with van der Waals surface area (Å²) in [6.07, 6.45) is 5.00. The van der Waals surface area contributed by atoms with Gasteiger partial charge in [-0.1, -0.05) is 24.3 Å². The quantitative estimate of drug-likeness (QED) is 0.482. The molecule has 1 aliphatic carbocycles. The molecule has 0 saturated carbocycles. The third-order valence-corrected chi connectivity index (χ3v) is 9.28. The zero-order valence-corrected chi connectivity index (χ0v) is 21.0. The zero-order chi connectivity index (χ0) is 24.6. The van der Waals surface area contributed by atoms with E-state index in [2.05, 4.69) is 12.1 Å². The van der Waals surface area contributed by atoms with Crippen LogP contribution in [0.3, 0.4) is 0 Å². The minimum Gasteiger partial charge on any atom is -0.452 e. The minimum absolute atomic E-state index is 0.0506. The lowest BCUT2D eigenvalue weighted by molar-refractivity contribution is -0.134. The highest BCUT2D eigenvalue weighted by molar-refractivity contribution is 7.91. The summed E-state index contributed by atoms with van der Waals surface area (Å²) >= 11 is 1.65. The largest absolute Gasteiger partial charge is 0.452 e. The number of benzene rings is 1. The smallest absolute Gasteiger partial charge is 0.339 e. The van der Waals surface area contributed by atoms with Gasteiger partial charge in [0, 0.05) is 23.4 Å². The first-order valence-electron chi connectivity index (χ1n) is 11.6. The Labute approximate surface area is 208 Å². The molecule has 1 aliphatic heterocycles. The van der Waals surface area contributed by atoms with Gasteiger partial charge in [-0.3, -0.25) is 4.79 Å². The van der Waals surface area contributed by atoms with Crippen LogP contribution >= 0.6 is 11.3 Å². The molecule has 35 heavy (non-hydrogen) atoms. The fraction of sp³-hybridized carbons (Fsp3) is 0.346. The highest BCUT2D eigenvalue weighted by Gasteiger charge is 2.33. The molecular formula is C26H26N2O5S2. The molecule has 182 valence electrons. The maximum Gasteiger partial charge on any atom is 0.339 e. The van der Waals surface area contributed by atoms with Crippen molar-refractivity contribution in [2.45, 2.75) is 31.7 Å². The predicted octanol–water partition coefficient (Wildman–Crippen LogP) is 3.98. The van der Waals surface area contributed by atoms with Crippen LogP contribution in [0, 0.1) is 0 Å². The van der Waals surface area contributed by atoms with E-state index in [9.17, 15) is 18.0 Å². The van der Waals surface area contributed by atoms with Gasteiger partial charge in [0.25, 0.3) is 5.91 Å². The molecule has 9 heteroatoms. The number of fused-ring (bicyclic) bond motifs is 2. The molecule has 3 heterocycles. The average molecular weight is 511 g/mol. The lowest BCUT2D eigenvalue weighted by atomic mass is 9.86. The number of likely N-dealkylation sites (N-methyl/N-ethyl adjacent to an activating group) is 1. The highest BCUT2D eigenvalue weighted by Crippen LogP contribution is 2.36. The number of carbonyl (C=O) groups excluding carboxylic acids is 2. The van der Waals surface area contributed by atoms with Crippen molar-refractivity contribution in [3.8, 4) is 0 Å². The van der Waals surface area contributed by atoms with Crippen LogP contribution in [0.25, 0.3) is 22.6 Å². The molecule has 1 atom stereocenters. The standard InChI is InChI=1S/C26H26N2O5S2/c1-28(18-11-13-35(31,32)16-18)23(29)15-33-26(30)24-20-8-2-3-10-22(20)27-25-17(6-4-9-21(24)25)14-19-7-5-12-34-19/h2-3,5,7-8,10,12,14,18H,4,6,9,11,13,15-16H2,1H3/b17-14+/t18-/m0/s1. The number of nitrogens with zero attached hydrogens (tertiary/aromatic N) is 2. The number of carbonyl (C=O) groups is 2. The lowest BCUT2D eigenvalue weighted by Gasteiger charge is -2.24. The number of hydrogen-bond donors (Lipinski definition) is 0. The van der Waals surface area contributed by atoms with Crippen LogP contribution in [0.4, 0.5) is 0 Å². The monoisotopic (exact) mass is 510 g/mol. The van der Waals surface area contributed by atoms with Crippen molar-refractivity contribution in [1.82, 2.24) is 9.88 Å². The SMILES string of the molecule is CN(C(=O)COC(=O)c1c2c(nc3ccccc13)/C(=C/c1cccs1)CCC2)[C@H]1CCS(=O)(=O)C1. The van der Waals surface area contributed by atoms with Crippen LogP contribution in [-0.4, -0.2) is 61.4 Å². The third-order valence-electron chi connectivity index (χ3n) is 6.71. The Balaban J connectivity index is 1.44. The van der Waals surface area contributed by atoms with Crippen LogP contribution in [0.15, 0.2) is 41.8 Å². The Morgan fingerprint density at radius 3 is 2.77 bits per heavy atom. The second-order valence-electron chi connectivity index (χ2n) is 9.01. The van der Waals surface area contributed by atoms with Gasteiger partial charge >= 0.3 is 5.97 Å². The first-order chi connectivity index (χ1) is 16.8. The summed E-state index contributed by atoms with van der Waals surface area (Å²) in [5, 5.41) is 2.73. The summed E-state index contributed by atoms with van der Waals surface area (Å²) in [5.41, 5.74) is 3.92. The number of aromatic nitrogens is 1.